The Hall–Kier alpha value is -3.46. The number of aryl methyl sites for hydroxylation is 1. The molecule has 2 aromatic rings. The smallest absolute Gasteiger partial charge is 0.336 e. The highest BCUT2D eigenvalue weighted by Crippen LogP contribution is 2.40. The second-order valence-corrected chi connectivity index (χ2v) is 6.86. The van der Waals surface area contributed by atoms with Crippen molar-refractivity contribution in [3.63, 3.8) is 0 Å². The van der Waals surface area contributed by atoms with Gasteiger partial charge in [0.1, 0.15) is 11.6 Å². The molecule has 4 nitrogen and oxygen atoms in total. The van der Waals surface area contributed by atoms with Gasteiger partial charge < -0.3 is 10.1 Å². The normalized spacial score (nSPS) is 16.3. The molecule has 3 rings (SSSR count). The zero-order chi connectivity index (χ0) is 21.1. The fourth-order valence-corrected chi connectivity index (χ4v) is 3.65. The molecule has 0 radical (unpaired) electrons. The summed E-state index contributed by atoms with van der Waals surface area (Å²) in [5.74, 6) is -2.11. The maximum absolute atomic E-state index is 14.2. The maximum atomic E-state index is 14.2. The van der Waals surface area contributed by atoms with Gasteiger partial charge in [-0.1, -0.05) is 24.3 Å². The van der Waals surface area contributed by atoms with Gasteiger partial charge in [-0.05, 0) is 48.7 Å². The van der Waals surface area contributed by atoms with Crippen LogP contribution in [0.2, 0.25) is 0 Å². The van der Waals surface area contributed by atoms with E-state index in [1.54, 1.807) is 38.1 Å². The number of methoxy groups -OCH3 is 1. The van der Waals surface area contributed by atoms with E-state index < -0.39 is 17.7 Å². The molecule has 1 unspecified atom stereocenters. The number of nitriles is 1. The minimum Gasteiger partial charge on any atom is -0.466 e. The number of hydrogen-bond donors (Lipinski definition) is 1. The Morgan fingerprint density at radius 3 is 2.55 bits per heavy atom. The van der Waals surface area contributed by atoms with E-state index in [4.69, 9.17) is 4.74 Å². The summed E-state index contributed by atoms with van der Waals surface area (Å²) in [6, 6.07) is 12.7. The van der Waals surface area contributed by atoms with Crippen LogP contribution in [0, 0.1) is 29.9 Å². The second-order valence-electron chi connectivity index (χ2n) is 6.86. The maximum Gasteiger partial charge on any atom is 0.336 e. The molecule has 1 aliphatic rings. The first kappa shape index (κ1) is 20.3. The van der Waals surface area contributed by atoms with Gasteiger partial charge in [-0.3, -0.25) is 0 Å². The molecule has 1 atom stereocenters. The van der Waals surface area contributed by atoms with Gasteiger partial charge in [0.05, 0.1) is 30.2 Å². The molecule has 1 aliphatic heterocycles. The van der Waals surface area contributed by atoms with Crippen molar-refractivity contribution in [3.8, 4) is 6.07 Å². The number of benzene rings is 2. The Balaban J connectivity index is 2.20. The highest BCUT2D eigenvalue weighted by atomic mass is 19.1. The number of nitrogens with zero attached hydrogens (tertiary/aromatic N) is 1. The van der Waals surface area contributed by atoms with Crippen LogP contribution in [0.5, 0.6) is 0 Å². The molecule has 2 aromatic carbocycles. The number of nitrogens with one attached hydrogen (secondary N) is 1. The van der Waals surface area contributed by atoms with Gasteiger partial charge in [0.15, 0.2) is 0 Å². The molecule has 0 spiro atoms. The predicted molar refractivity (Wildman–Crippen MR) is 104 cm³/mol. The summed E-state index contributed by atoms with van der Waals surface area (Å²) in [6.07, 6.45) is 0.151. The van der Waals surface area contributed by atoms with Crippen molar-refractivity contribution in [2.75, 3.05) is 7.11 Å². The highest BCUT2D eigenvalue weighted by molar-refractivity contribution is 5.93. The molecule has 0 amide bonds. The van der Waals surface area contributed by atoms with Crippen LogP contribution in [-0.4, -0.2) is 13.1 Å². The molecule has 0 bridgehead atoms. The van der Waals surface area contributed by atoms with Crippen LogP contribution >= 0.6 is 0 Å². The lowest BCUT2D eigenvalue weighted by Crippen LogP contribution is -2.30. The van der Waals surface area contributed by atoms with Gasteiger partial charge >= 0.3 is 5.97 Å². The summed E-state index contributed by atoms with van der Waals surface area (Å²) < 4.78 is 32.8. The number of carbonyl (C=O) groups is 1. The van der Waals surface area contributed by atoms with Crippen LogP contribution in [0.1, 0.15) is 29.5 Å². The van der Waals surface area contributed by atoms with Crippen molar-refractivity contribution in [2.45, 2.75) is 26.2 Å². The van der Waals surface area contributed by atoms with Crippen molar-refractivity contribution >= 4 is 5.97 Å². The molecular formula is C23H20F2N2O2. The van der Waals surface area contributed by atoms with E-state index in [1.165, 1.54) is 25.3 Å². The second kappa shape index (κ2) is 8.27. The molecular weight excluding hydrogens is 374 g/mol. The van der Waals surface area contributed by atoms with E-state index in [2.05, 4.69) is 11.4 Å². The molecule has 1 heterocycles. The van der Waals surface area contributed by atoms with E-state index in [1.807, 2.05) is 0 Å². The lowest BCUT2D eigenvalue weighted by molar-refractivity contribution is -0.136. The molecule has 0 saturated carbocycles. The Morgan fingerprint density at radius 2 is 1.93 bits per heavy atom. The summed E-state index contributed by atoms with van der Waals surface area (Å²) in [4.78, 5) is 12.5. The lowest BCUT2D eigenvalue weighted by Gasteiger charge is -2.30. The van der Waals surface area contributed by atoms with Crippen LogP contribution in [0.4, 0.5) is 8.78 Å². The van der Waals surface area contributed by atoms with Crippen LogP contribution < -0.4 is 5.32 Å². The average molecular weight is 394 g/mol. The zero-order valence-corrected chi connectivity index (χ0v) is 16.3. The number of dihydropyridines is 1. The third kappa shape index (κ3) is 3.90. The van der Waals surface area contributed by atoms with E-state index in [0.717, 1.165) is 0 Å². The first-order valence-corrected chi connectivity index (χ1v) is 9.06. The Kier molecular flexibility index (Phi) is 5.79. The number of allylic oxidation sites excluding steroid dienone is 3. The SMILES string of the molecule is COC(=O)C1=C(C)NC(Cc2ccccc2F)=C(C#N)C1c1ccc(F)cc1C. The average Bonchev–Trinajstić information content (AvgIpc) is 2.69. The number of hydrogen-bond acceptors (Lipinski definition) is 4. The fraction of sp³-hybridized carbons (Fsp3) is 0.217. The van der Waals surface area contributed by atoms with E-state index in [-0.39, 0.29) is 23.4 Å². The number of halogens is 2. The Bertz CT molecular complexity index is 1080. The van der Waals surface area contributed by atoms with Crippen LogP contribution in [0.25, 0.3) is 0 Å². The van der Waals surface area contributed by atoms with Gasteiger partial charge in [-0.15, -0.1) is 0 Å². The van der Waals surface area contributed by atoms with Gasteiger partial charge in [0.25, 0.3) is 0 Å². The molecule has 148 valence electrons. The largest absolute Gasteiger partial charge is 0.466 e. The summed E-state index contributed by atoms with van der Waals surface area (Å²) in [5.41, 5.74) is 3.20. The molecule has 0 fully saturated rings. The molecule has 0 aliphatic carbocycles. The van der Waals surface area contributed by atoms with Crippen LogP contribution in [-0.2, 0) is 16.0 Å². The zero-order valence-electron chi connectivity index (χ0n) is 16.3. The molecule has 6 heteroatoms. The minimum atomic E-state index is -0.740. The van der Waals surface area contributed by atoms with Crippen LogP contribution in [0.15, 0.2) is 65.0 Å². The van der Waals surface area contributed by atoms with E-state index in [9.17, 15) is 18.8 Å². The Morgan fingerprint density at radius 1 is 1.21 bits per heavy atom. The quantitative estimate of drug-likeness (QED) is 0.780. The predicted octanol–water partition coefficient (Wildman–Crippen LogP) is 4.43. The number of ether oxygens (including phenoxy) is 1. The minimum absolute atomic E-state index is 0.151. The van der Waals surface area contributed by atoms with Crippen molar-refractivity contribution in [2.24, 2.45) is 0 Å². The monoisotopic (exact) mass is 394 g/mol. The number of rotatable bonds is 4. The standard InChI is InChI=1S/C23H20F2N2O2/c1-13-10-16(24)8-9-17(13)22-18(12-26)20(11-15-6-4-5-7-19(15)25)27-14(2)21(22)23(28)29-3/h4-10,22,27H,11H2,1-3H3. The molecule has 1 N–H and O–H groups in total. The fourth-order valence-electron chi connectivity index (χ4n) is 3.65. The van der Waals surface area contributed by atoms with Gasteiger partial charge in [-0.2, -0.15) is 5.26 Å². The lowest BCUT2D eigenvalue weighted by atomic mass is 9.78. The summed E-state index contributed by atoms with van der Waals surface area (Å²) in [7, 11) is 1.27. The summed E-state index contributed by atoms with van der Waals surface area (Å²) >= 11 is 0. The highest BCUT2D eigenvalue weighted by Gasteiger charge is 2.35. The van der Waals surface area contributed by atoms with Crippen molar-refractivity contribution in [3.05, 3.63) is 93.3 Å². The van der Waals surface area contributed by atoms with Crippen molar-refractivity contribution in [1.29, 1.82) is 5.26 Å². The van der Waals surface area contributed by atoms with Crippen molar-refractivity contribution in [1.82, 2.24) is 5.32 Å². The van der Waals surface area contributed by atoms with E-state index >= 15 is 0 Å². The summed E-state index contributed by atoms with van der Waals surface area (Å²) in [5, 5.41) is 13.0. The van der Waals surface area contributed by atoms with Crippen molar-refractivity contribution < 1.29 is 18.3 Å². The first-order chi connectivity index (χ1) is 13.9. The third-order valence-corrected chi connectivity index (χ3v) is 5.04. The first-order valence-electron chi connectivity index (χ1n) is 9.06. The third-order valence-electron chi connectivity index (χ3n) is 5.04. The number of esters is 1. The molecule has 0 aromatic heterocycles. The van der Waals surface area contributed by atoms with Gasteiger partial charge in [-0.25, -0.2) is 13.6 Å². The van der Waals surface area contributed by atoms with E-state index in [0.29, 0.717) is 28.1 Å². The van der Waals surface area contributed by atoms with Gasteiger partial charge in [0, 0.05) is 17.8 Å². The van der Waals surface area contributed by atoms with Crippen LogP contribution in [0.3, 0.4) is 0 Å². The molecule has 0 saturated heterocycles. The molecule has 29 heavy (non-hydrogen) atoms. The van der Waals surface area contributed by atoms with Gasteiger partial charge in [0.2, 0.25) is 0 Å². The Labute approximate surface area is 168 Å². The summed E-state index contributed by atoms with van der Waals surface area (Å²) in [6.45, 7) is 3.42. The number of carbonyl (C=O) groups excluding carboxylic acids is 1. The topological polar surface area (TPSA) is 62.1 Å².